The molecular weight excluding hydrogens is 458 g/mol. The van der Waals surface area contributed by atoms with Gasteiger partial charge in [-0.2, -0.15) is 4.31 Å². The maximum atomic E-state index is 13.4. The molecule has 0 aliphatic carbocycles. The number of aryl methyl sites for hydroxylation is 1. The molecule has 2 N–H and O–H groups in total. The number of anilines is 1. The number of benzene rings is 2. The highest BCUT2D eigenvalue weighted by atomic mass is 32.2. The molecule has 2 aromatic carbocycles. The van der Waals surface area contributed by atoms with E-state index in [1.54, 1.807) is 27.0 Å². The van der Waals surface area contributed by atoms with E-state index in [4.69, 9.17) is 9.47 Å². The van der Waals surface area contributed by atoms with E-state index < -0.39 is 16.1 Å². The summed E-state index contributed by atoms with van der Waals surface area (Å²) in [7, 11) is -2.19. The second-order valence-corrected chi connectivity index (χ2v) is 10.5. The van der Waals surface area contributed by atoms with Crippen molar-refractivity contribution in [3.05, 3.63) is 47.5 Å². The Hall–Kier alpha value is -3.11. The average molecular weight is 488 g/mol. The molecule has 1 saturated heterocycles. The number of amides is 2. The fraction of sp³-hybridized carbons (Fsp3) is 0.417. The maximum Gasteiger partial charge on any atom is 0.265 e. The van der Waals surface area contributed by atoms with Crippen molar-refractivity contribution in [2.75, 3.05) is 25.5 Å². The number of carbonyl (C=O) groups is 2. The summed E-state index contributed by atoms with van der Waals surface area (Å²) in [5.74, 6) is 0.425. The molecule has 0 unspecified atom stereocenters. The Bertz CT molecular complexity index is 1210. The van der Waals surface area contributed by atoms with Gasteiger partial charge >= 0.3 is 0 Å². The molecule has 1 atom stereocenters. The molecule has 0 bridgehead atoms. The van der Waals surface area contributed by atoms with Crippen LogP contribution in [0.4, 0.5) is 5.69 Å². The zero-order valence-corrected chi connectivity index (χ0v) is 20.3. The van der Waals surface area contributed by atoms with E-state index in [0.29, 0.717) is 42.1 Å². The number of sulfonamides is 1. The number of rotatable bonds is 6. The minimum Gasteiger partial charge on any atom is -0.496 e. The lowest BCUT2D eigenvalue weighted by atomic mass is 9.97. The van der Waals surface area contributed by atoms with Crippen molar-refractivity contribution in [1.82, 2.24) is 9.62 Å². The number of nitrogens with zero attached hydrogens (tertiary/aromatic N) is 1. The molecule has 2 aliphatic rings. The van der Waals surface area contributed by atoms with E-state index in [1.165, 1.54) is 10.4 Å². The van der Waals surface area contributed by atoms with Crippen LogP contribution in [0.1, 0.15) is 30.9 Å². The van der Waals surface area contributed by atoms with Crippen molar-refractivity contribution < 1.29 is 27.5 Å². The number of carbonyl (C=O) groups excluding carboxylic acids is 2. The third-order valence-electron chi connectivity index (χ3n) is 6.30. The fourth-order valence-electron chi connectivity index (χ4n) is 4.29. The van der Waals surface area contributed by atoms with Crippen molar-refractivity contribution in [2.24, 2.45) is 5.92 Å². The van der Waals surface area contributed by atoms with Crippen LogP contribution in [-0.4, -0.2) is 50.8 Å². The Kier molecular flexibility index (Phi) is 6.81. The number of methoxy groups -OCH3 is 1. The van der Waals surface area contributed by atoms with Crippen LogP contribution < -0.4 is 20.1 Å². The first-order chi connectivity index (χ1) is 16.2. The standard InChI is InChI=1S/C24H29N3O6S/c1-15-12-19-21(33-16(2)23(28)26-19)13-22(15)34(30,31)27-10-8-17(9-11-27)24(29)25-14-18-6-4-5-7-20(18)32-3/h4-7,12-13,16-17H,8-11,14H2,1-3H3,(H,25,29)(H,26,28)/t16-/m1/s1. The summed E-state index contributed by atoms with van der Waals surface area (Å²) < 4.78 is 39.1. The SMILES string of the molecule is COc1ccccc1CNC(=O)C1CCN(S(=O)(=O)c2cc3c(cc2C)NC(=O)[C@@H](C)O3)CC1. The monoisotopic (exact) mass is 487 g/mol. The number of nitrogens with one attached hydrogen (secondary N) is 2. The summed E-state index contributed by atoms with van der Waals surface area (Å²) >= 11 is 0. The third-order valence-corrected chi connectivity index (χ3v) is 8.34. The molecule has 2 aromatic rings. The second-order valence-electron chi connectivity index (χ2n) is 8.57. The van der Waals surface area contributed by atoms with Crippen molar-refractivity contribution in [3.8, 4) is 11.5 Å². The highest BCUT2D eigenvalue weighted by Crippen LogP contribution is 2.36. The van der Waals surface area contributed by atoms with Crippen LogP contribution in [0.15, 0.2) is 41.3 Å². The van der Waals surface area contributed by atoms with Crippen molar-refractivity contribution in [3.63, 3.8) is 0 Å². The van der Waals surface area contributed by atoms with E-state index in [9.17, 15) is 18.0 Å². The average Bonchev–Trinajstić information content (AvgIpc) is 2.83. The van der Waals surface area contributed by atoms with Gasteiger partial charge in [0, 0.05) is 37.2 Å². The quantitative estimate of drug-likeness (QED) is 0.647. The smallest absolute Gasteiger partial charge is 0.265 e. The number of ether oxygens (including phenoxy) is 2. The Morgan fingerprint density at radius 2 is 1.94 bits per heavy atom. The Morgan fingerprint density at radius 3 is 2.65 bits per heavy atom. The summed E-state index contributed by atoms with van der Waals surface area (Å²) in [6.07, 6.45) is 0.172. The van der Waals surface area contributed by atoms with Crippen LogP contribution in [-0.2, 0) is 26.2 Å². The van der Waals surface area contributed by atoms with Gasteiger partial charge in [0.25, 0.3) is 5.91 Å². The van der Waals surface area contributed by atoms with Gasteiger partial charge in [-0.25, -0.2) is 8.42 Å². The van der Waals surface area contributed by atoms with E-state index in [0.717, 1.165) is 5.56 Å². The molecule has 0 spiro atoms. The van der Waals surface area contributed by atoms with Crippen LogP contribution in [0.5, 0.6) is 11.5 Å². The van der Waals surface area contributed by atoms with Crippen molar-refractivity contribution >= 4 is 27.5 Å². The predicted molar refractivity (Wildman–Crippen MR) is 126 cm³/mol. The fourth-order valence-corrected chi connectivity index (χ4v) is 5.99. The normalized spacial score (nSPS) is 19.0. The van der Waals surface area contributed by atoms with E-state index in [1.807, 2.05) is 24.3 Å². The maximum absolute atomic E-state index is 13.4. The van der Waals surface area contributed by atoms with Crippen LogP contribution in [0.2, 0.25) is 0 Å². The van der Waals surface area contributed by atoms with E-state index in [-0.39, 0.29) is 35.7 Å². The molecule has 2 amide bonds. The molecular formula is C24H29N3O6S. The van der Waals surface area contributed by atoms with Crippen LogP contribution in [0, 0.1) is 12.8 Å². The van der Waals surface area contributed by atoms with Gasteiger partial charge in [0.05, 0.1) is 17.7 Å². The zero-order valence-electron chi connectivity index (χ0n) is 19.5. The molecule has 34 heavy (non-hydrogen) atoms. The number of piperidine rings is 1. The van der Waals surface area contributed by atoms with Gasteiger partial charge in [0.1, 0.15) is 11.5 Å². The van der Waals surface area contributed by atoms with Gasteiger partial charge in [-0.15, -0.1) is 0 Å². The third kappa shape index (κ3) is 4.74. The lowest BCUT2D eigenvalue weighted by Crippen LogP contribution is -2.43. The van der Waals surface area contributed by atoms with Crippen LogP contribution >= 0.6 is 0 Å². The minimum absolute atomic E-state index is 0.0916. The molecule has 2 heterocycles. The highest BCUT2D eigenvalue weighted by Gasteiger charge is 2.34. The molecule has 0 radical (unpaired) electrons. The Morgan fingerprint density at radius 1 is 1.24 bits per heavy atom. The summed E-state index contributed by atoms with van der Waals surface area (Å²) in [4.78, 5) is 24.7. The largest absolute Gasteiger partial charge is 0.496 e. The first-order valence-corrected chi connectivity index (χ1v) is 12.7. The molecule has 10 heteroatoms. The molecule has 9 nitrogen and oxygen atoms in total. The highest BCUT2D eigenvalue weighted by molar-refractivity contribution is 7.89. The summed E-state index contributed by atoms with van der Waals surface area (Å²) in [6.45, 7) is 4.15. The number of fused-ring (bicyclic) bond motifs is 1. The van der Waals surface area contributed by atoms with Gasteiger partial charge in [-0.1, -0.05) is 18.2 Å². The molecule has 0 saturated carbocycles. The lowest BCUT2D eigenvalue weighted by Gasteiger charge is -2.31. The molecule has 4 rings (SSSR count). The molecule has 2 aliphatic heterocycles. The molecule has 1 fully saturated rings. The van der Waals surface area contributed by atoms with E-state index >= 15 is 0 Å². The van der Waals surface area contributed by atoms with Crippen LogP contribution in [0.25, 0.3) is 0 Å². The van der Waals surface area contributed by atoms with Gasteiger partial charge < -0.3 is 20.1 Å². The Labute approximate surface area is 199 Å². The lowest BCUT2D eigenvalue weighted by molar-refractivity contribution is -0.126. The first kappa shape index (κ1) is 24.0. The van der Waals surface area contributed by atoms with Gasteiger partial charge in [-0.05, 0) is 44.4 Å². The number of hydrogen-bond acceptors (Lipinski definition) is 6. The van der Waals surface area contributed by atoms with Crippen LogP contribution in [0.3, 0.4) is 0 Å². The minimum atomic E-state index is -3.78. The predicted octanol–water partition coefficient (Wildman–Crippen LogP) is 2.44. The van der Waals surface area contributed by atoms with Gasteiger partial charge in [0.2, 0.25) is 15.9 Å². The van der Waals surface area contributed by atoms with Gasteiger partial charge in [0.15, 0.2) is 6.10 Å². The zero-order chi connectivity index (χ0) is 24.5. The first-order valence-electron chi connectivity index (χ1n) is 11.2. The van der Waals surface area contributed by atoms with Crippen molar-refractivity contribution in [1.29, 1.82) is 0 Å². The molecule has 0 aromatic heterocycles. The van der Waals surface area contributed by atoms with E-state index in [2.05, 4.69) is 10.6 Å². The Balaban J connectivity index is 1.40. The second kappa shape index (κ2) is 9.63. The molecule has 182 valence electrons. The summed E-state index contributed by atoms with van der Waals surface area (Å²) in [6, 6.07) is 10.6. The van der Waals surface area contributed by atoms with Gasteiger partial charge in [-0.3, -0.25) is 9.59 Å². The summed E-state index contributed by atoms with van der Waals surface area (Å²) in [5.41, 5.74) is 1.87. The number of para-hydroxylation sites is 1. The summed E-state index contributed by atoms with van der Waals surface area (Å²) in [5, 5.41) is 5.67. The topological polar surface area (TPSA) is 114 Å². The van der Waals surface area contributed by atoms with Crippen molar-refractivity contribution in [2.45, 2.75) is 44.2 Å². The number of hydrogen-bond donors (Lipinski definition) is 2.